The molecule has 13 nitrogen and oxygen atoms in total. The Morgan fingerprint density at radius 1 is 1.11 bits per heavy atom. The summed E-state index contributed by atoms with van der Waals surface area (Å²) >= 11 is 0. The molecule has 5 rings (SSSR count). The number of aryl methyl sites for hydroxylation is 1. The highest BCUT2D eigenvalue weighted by Gasteiger charge is 2.35. The molecule has 3 heterocycles. The van der Waals surface area contributed by atoms with Crippen molar-refractivity contribution in [1.29, 1.82) is 0 Å². The topological polar surface area (TPSA) is 168 Å². The first-order chi connectivity index (χ1) is 21.1. The van der Waals surface area contributed by atoms with E-state index < -0.39 is 47.9 Å². The van der Waals surface area contributed by atoms with Crippen molar-refractivity contribution in [1.82, 2.24) is 35.8 Å². The quantitative estimate of drug-likeness (QED) is 0.314. The van der Waals surface area contributed by atoms with Gasteiger partial charge in [-0.25, -0.2) is 4.79 Å². The monoisotopic (exact) mass is 605 g/mol. The second-order valence-corrected chi connectivity index (χ2v) is 10.9. The third-order valence-electron chi connectivity index (χ3n) is 7.61. The molecule has 2 aliphatic heterocycles. The SMILES string of the molecule is CN[C@@H](C)C(=O)N[C@H]1Cc2cn(nn2)CCCOc2ccc(cc2)C[C@@H](C(=O)O)NC(=O)[C@H](Cc2ccccc2)N(C)C1=O. The number of nitrogens with zero attached hydrogens (tertiary/aromatic N) is 4. The molecule has 0 saturated heterocycles. The van der Waals surface area contributed by atoms with E-state index in [2.05, 4.69) is 26.3 Å². The third kappa shape index (κ3) is 8.63. The van der Waals surface area contributed by atoms with Crippen molar-refractivity contribution in [2.45, 2.75) is 63.3 Å². The highest BCUT2D eigenvalue weighted by atomic mass is 16.5. The lowest BCUT2D eigenvalue weighted by molar-refractivity contribution is -0.145. The molecule has 0 radical (unpaired) electrons. The van der Waals surface area contributed by atoms with Crippen LogP contribution in [0.3, 0.4) is 0 Å². The zero-order valence-corrected chi connectivity index (χ0v) is 25.1. The predicted octanol–water partition coefficient (Wildman–Crippen LogP) is 0.578. The van der Waals surface area contributed by atoms with Crippen molar-refractivity contribution in [2.75, 3.05) is 20.7 Å². The molecule has 3 amide bonds. The average Bonchev–Trinajstić information content (AvgIpc) is 3.47. The molecule has 0 fully saturated rings. The summed E-state index contributed by atoms with van der Waals surface area (Å²) in [6.07, 6.45) is 2.54. The molecule has 13 heteroatoms. The van der Waals surface area contributed by atoms with Crippen LogP contribution in [-0.2, 0) is 45.0 Å². The maximum atomic E-state index is 14.0. The van der Waals surface area contributed by atoms with Gasteiger partial charge in [-0.05, 0) is 37.2 Å². The molecular weight excluding hydrogens is 566 g/mol. The minimum absolute atomic E-state index is 0.0315. The van der Waals surface area contributed by atoms with E-state index in [0.29, 0.717) is 36.6 Å². The second kappa shape index (κ2) is 15.1. The number of aromatic nitrogens is 3. The number of rotatable bonds is 6. The zero-order valence-electron chi connectivity index (χ0n) is 25.1. The van der Waals surface area contributed by atoms with Crippen molar-refractivity contribution in [3.63, 3.8) is 0 Å². The van der Waals surface area contributed by atoms with Gasteiger partial charge in [-0.1, -0.05) is 47.7 Å². The van der Waals surface area contributed by atoms with Gasteiger partial charge >= 0.3 is 5.97 Å². The van der Waals surface area contributed by atoms with E-state index in [1.807, 2.05) is 30.3 Å². The van der Waals surface area contributed by atoms with Gasteiger partial charge in [-0.15, -0.1) is 5.10 Å². The van der Waals surface area contributed by atoms with Gasteiger partial charge in [0.1, 0.15) is 23.9 Å². The number of amides is 3. The number of carboxylic acids is 1. The molecule has 3 aromatic rings. The van der Waals surface area contributed by atoms with E-state index in [9.17, 15) is 24.3 Å². The number of carboxylic acid groups (broad SMARTS) is 1. The first-order valence-corrected chi connectivity index (χ1v) is 14.6. The molecule has 0 aliphatic carbocycles. The Morgan fingerprint density at radius 3 is 2.52 bits per heavy atom. The number of carbonyl (C=O) groups excluding carboxylic acids is 3. The van der Waals surface area contributed by atoms with Crippen molar-refractivity contribution < 1.29 is 29.0 Å². The first kappa shape index (κ1) is 32.1. The van der Waals surface area contributed by atoms with E-state index in [0.717, 1.165) is 5.56 Å². The third-order valence-corrected chi connectivity index (χ3v) is 7.61. The van der Waals surface area contributed by atoms with Crippen LogP contribution in [0.4, 0.5) is 0 Å². The average molecular weight is 606 g/mol. The molecule has 1 aromatic heterocycles. The van der Waals surface area contributed by atoms with Gasteiger partial charge < -0.3 is 30.7 Å². The summed E-state index contributed by atoms with van der Waals surface area (Å²) in [5, 5.41) is 26.7. The fourth-order valence-electron chi connectivity index (χ4n) is 4.86. The fraction of sp³-hybridized carbons (Fsp3) is 0.419. The molecule has 2 aliphatic rings. The van der Waals surface area contributed by atoms with E-state index in [4.69, 9.17) is 4.74 Å². The normalized spacial score (nSPS) is 20.7. The first-order valence-electron chi connectivity index (χ1n) is 14.6. The van der Waals surface area contributed by atoms with E-state index in [1.54, 1.807) is 49.1 Å². The molecule has 4 bridgehead atoms. The van der Waals surface area contributed by atoms with Crippen LogP contribution in [0.2, 0.25) is 0 Å². The largest absolute Gasteiger partial charge is 0.494 e. The molecule has 0 spiro atoms. The van der Waals surface area contributed by atoms with Crippen LogP contribution < -0.4 is 20.7 Å². The summed E-state index contributed by atoms with van der Waals surface area (Å²) in [6, 6.07) is 12.2. The van der Waals surface area contributed by atoms with Gasteiger partial charge in [-0.3, -0.25) is 19.1 Å². The fourth-order valence-corrected chi connectivity index (χ4v) is 4.86. The number of fused-ring (bicyclic) bond motifs is 13. The van der Waals surface area contributed by atoms with E-state index in [-0.39, 0.29) is 19.3 Å². The Hall–Kier alpha value is -4.78. The smallest absolute Gasteiger partial charge is 0.326 e. The minimum Gasteiger partial charge on any atom is -0.494 e. The van der Waals surface area contributed by atoms with Crippen LogP contribution in [0.5, 0.6) is 5.75 Å². The van der Waals surface area contributed by atoms with Crippen molar-refractivity contribution in [2.24, 2.45) is 0 Å². The Bertz CT molecular complexity index is 1430. The number of hydrogen-bond donors (Lipinski definition) is 4. The summed E-state index contributed by atoms with van der Waals surface area (Å²) in [5.74, 6) is -2.14. The summed E-state index contributed by atoms with van der Waals surface area (Å²) < 4.78 is 7.47. The van der Waals surface area contributed by atoms with Gasteiger partial charge in [-0.2, -0.15) is 0 Å². The number of ether oxygens (including phenoxy) is 1. The Balaban J connectivity index is 1.70. The van der Waals surface area contributed by atoms with E-state index >= 15 is 0 Å². The van der Waals surface area contributed by atoms with Crippen molar-refractivity contribution >= 4 is 23.7 Å². The van der Waals surface area contributed by atoms with Gasteiger partial charge in [0.25, 0.3) is 0 Å². The van der Waals surface area contributed by atoms with Gasteiger partial charge in [0.2, 0.25) is 17.7 Å². The second-order valence-electron chi connectivity index (χ2n) is 10.9. The predicted molar refractivity (Wildman–Crippen MR) is 161 cm³/mol. The Kier molecular flexibility index (Phi) is 11.0. The molecule has 234 valence electrons. The lowest BCUT2D eigenvalue weighted by Gasteiger charge is -2.32. The summed E-state index contributed by atoms with van der Waals surface area (Å²) in [7, 11) is 3.11. The minimum atomic E-state index is -1.25. The molecule has 0 saturated carbocycles. The van der Waals surface area contributed by atoms with Gasteiger partial charge in [0.05, 0.1) is 18.3 Å². The Morgan fingerprint density at radius 2 is 1.84 bits per heavy atom. The number of benzene rings is 2. The highest BCUT2D eigenvalue weighted by molar-refractivity contribution is 5.94. The van der Waals surface area contributed by atoms with Crippen molar-refractivity contribution in [3.05, 3.63) is 77.6 Å². The molecular formula is C31H39N7O6. The number of nitrogens with one attached hydrogen (secondary N) is 3. The number of hydrogen-bond acceptors (Lipinski definition) is 8. The number of carbonyl (C=O) groups is 4. The molecule has 4 N–H and O–H groups in total. The van der Waals surface area contributed by atoms with Gasteiger partial charge in [0, 0.05) is 45.5 Å². The highest BCUT2D eigenvalue weighted by Crippen LogP contribution is 2.16. The lowest BCUT2D eigenvalue weighted by Crippen LogP contribution is -2.58. The summed E-state index contributed by atoms with van der Waals surface area (Å²) in [6.45, 7) is 2.60. The van der Waals surface area contributed by atoms with Crippen molar-refractivity contribution in [3.8, 4) is 5.75 Å². The maximum Gasteiger partial charge on any atom is 0.326 e. The van der Waals surface area contributed by atoms with E-state index in [1.165, 1.54) is 11.9 Å². The Labute approximate surface area is 256 Å². The molecule has 44 heavy (non-hydrogen) atoms. The van der Waals surface area contributed by atoms with Gasteiger partial charge in [0.15, 0.2) is 0 Å². The van der Waals surface area contributed by atoms with Crippen LogP contribution >= 0.6 is 0 Å². The number of aliphatic carboxylic acids is 1. The summed E-state index contributed by atoms with van der Waals surface area (Å²) in [5.41, 5.74) is 1.95. The maximum absolute atomic E-state index is 14.0. The van der Waals surface area contributed by atoms with Crippen LogP contribution in [0.25, 0.3) is 0 Å². The lowest BCUT2D eigenvalue weighted by atomic mass is 10.0. The molecule has 4 atom stereocenters. The van der Waals surface area contributed by atoms with Crippen LogP contribution in [0.15, 0.2) is 60.8 Å². The zero-order chi connectivity index (χ0) is 31.6. The number of likely N-dealkylation sites (N-methyl/N-ethyl adjacent to an activating group) is 2. The standard InChI is InChI=1S/C31H39N7O6/c1-20(32-2)28(39)33-25-18-23-19-38(36-35-23)14-7-15-44-24-12-10-22(11-13-24)16-26(31(42)43)34-29(40)27(37(3)30(25)41)17-21-8-5-4-6-9-21/h4-6,8-13,19-20,25-27,32H,7,14-18H2,1-3H3,(H,33,39)(H,34,40)(H,42,43)/t20-,25-,26-,27-/m0/s1. The van der Waals surface area contributed by atoms with Crippen LogP contribution in [-0.4, -0.2) is 93.6 Å². The van der Waals surface area contributed by atoms with Crippen LogP contribution in [0, 0.1) is 0 Å². The van der Waals surface area contributed by atoms with Crippen LogP contribution in [0.1, 0.15) is 30.2 Å². The molecule has 0 unspecified atom stereocenters. The summed E-state index contributed by atoms with van der Waals surface area (Å²) in [4.78, 5) is 54.3. The molecule has 2 aromatic carbocycles.